The molecule has 27 heavy (non-hydrogen) atoms. The first-order chi connectivity index (χ1) is 13.2. The number of carbonyl (C=O) groups excluding carboxylic acids is 1. The Morgan fingerprint density at radius 3 is 1.41 bits per heavy atom. The van der Waals surface area contributed by atoms with Gasteiger partial charge in [-0.25, -0.2) is 4.79 Å². The van der Waals surface area contributed by atoms with Crippen LogP contribution in [0.5, 0.6) is 0 Å². The molecule has 0 amide bonds. The van der Waals surface area contributed by atoms with Crippen molar-refractivity contribution in [2.45, 2.75) is 135 Å². The van der Waals surface area contributed by atoms with Gasteiger partial charge < -0.3 is 9.84 Å². The molecule has 0 heterocycles. The summed E-state index contributed by atoms with van der Waals surface area (Å²) in [5.74, 6) is -0.586. The second kappa shape index (κ2) is 21.5. The van der Waals surface area contributed by atoms with Crippen molar-refractivity contribution < 1.29 is 14.6 Å². The monoisotopic (exact) mass is 382 g/mol. The Morgan fingerprint density at radius 1 is 0.741 bits per heavy atom. The highest BCUT2D eigenvalue weighted by Crippen LogP contribution is 2.15. The van der Waals surface area contributed by atoms with Crippen LogP contribution in [0.2, 0.25) is 0 Å². The van der Waals surface area contributed by atoms with E-state index in [2.05, 4.69) is 18.2 Å². The highest BCUT2D eigenvalue weighted by Gasteiger charge is 2.14. The van der Waals surface area contributed by atoms with Crippen molar-refractivity contribution in [1.82, 2.24) is 0 Å². The van der Waals surface area contributed by atoms with Crippen molar-refractivity contribution in [3.63, 3.8) is 0 Å². The number of hydrogen-bond donors (Lipinski definition) is 1. The first-order valence-electron chi connectivity index (χ1n) is 11.7. The molecule has 0 aromatic heterocycles. The fourth-order valence-corrected chi connectivity index (χ4v) is 3.52. The van der Waals surface area contributed by atoms with Gasteiger partial charge in [0.2, 0.25) is 0 Å². The van der Waals surface area contributed by atoms with Crippen molar-refractivity contribution in [2.24, 2.45) is 0 Å². The van der Waals surface area contributed by atoms with Crippen LogP contribution in [0.3, 0.4) is 0 Å². The first kappa shape index (κ1) is 26.2. The maximum atomic E-state index is 11.2. The van der Waals surface area contributed by atoms with Crippen LogP contribution in [-0.2, 0) is 9.53 Å². The SMILES string of the molecule is C=COC(=O)C(O)CCCCCCCCCCCCCCCCCCCC. The summed E-state index contributed by atoms with van der Waals surface area (Å²) in [4.78, 5) is 11.2. The Kier molecular flexibility index (Phi) is 20.8. The van der Waals surface area contributed by atoms with Crippen molar-refractivity contribution in [1.29, 1.82) is 0 Å². The van der Waals surface area contributed by atoms with Gasteiger partial charge in [0.05, 0.1) is 6.26 Å². The molecule has 0 spiro atoms. The lowest BCUT2D eigenvalue weighted by Crippen LogP contribution is -2.20. The van der Waals surface area contributed by atoms with E-state index < -0.39 is 12.1 Å². The molecule has 0 aromatic rings. The summed E-state index contributed by atoms with van der Waals surface area (Å²) in [7, 11) is 0. The molecule has 0 radical (unpaired) electrons. The van der Waals surface area contributed by atoms with Crippen LogP contribution in [-0.4, -0.2) is 17.2 Å². The maximum absolute atomic E-state index is 11.2. The summed E-state index contributed by atoms with van der Waals surface area (Å²) in [5.41, 5.74) is 0. The summed E-state index contributed by atoms with van der Waals surface area (Å²) in [6.07, 6.45) is 24.7. The third-order valence-corrected chi connectivity index (χ3v) is 5.30. The molecule has 0 bridgehead atoms. The molecule has 0 aromatic carbocycles. The molecule has 0 aliphatic carbocycles. The van der Waals surface area contributed by atoms with Gasteiger partial charge in [-0.3, -0.25) is 0 Å². The lowest BCUT2D eigenvalue weighted by Gasteiger charge is -2.07. The standard InChI is InChI=1S/C24H46O3/c1-3-5-6-7-8-9-10-11-12-13-14-15-16-17-18-19-20-21-22-23(25)24(26)27-4-2/h4,23,25H,2-3,5-22H2,1H3. The normalized spacial score (nSPS) is 12.1. The fraction of sp³-hybridized carbons (Fsp3) is 0.875. The number of aliphatic hydroxyl groups is 1. The van der Waals surface area contributed by atoms with Crippen molar-refractivity contribution in [3.8, 4) is 0 Å². The van der Waals surface area contributed by atoms with E-state index in [1.807, 2.05) is 0 Å². The fourth-order valence-electron chi connectivity index (χ4n) is 3.52. The summed E-state index contributed by atoms with van der Waals surface area (Å²) >= 11 is 0. The summed E-state index contributed by atoms with van der Waals surface area (Å²) in [5, 5.41) is 9.56. The minimum absolute atomic E-state index is 0.491. The van der Waals surface area contributed by atoms with Gasteiger partial charge in [-0.15, -0.1) is 0 Å². The van der Waals surface area contributed by atoms with Gasteiger partial charge in [-0.05, 0) is 6.42 Å². The second-order valence-corrected chi connectivity index (χ2v) is 7.92. The molecule has 3 heteroatoms. The van der Waals surface area contributed by atoms with Crippen molar-refractivity contribution in [3.05, 3.63) is 12.8 Å². The Hall–Kier alpha value is -0.830. The van der Waals surface area contributed by atoms with Gasteiger partial charge in [0.1, 0.15) is 0 Å². The Balaban J connectivity index is 3.13. The van der Waals surface area contributed by atoms with Crippen molar-refractivity contribution in [2.75, 3.05) is 0 Å². The van der Waals surface area contributed by atoms with Gasteiger partial charge >= 0.3 is 5.97 Å². The maximum Gasteiger partial charge on any atom is 0.339 e. The Labute approximate surface area is 169 Å². The molecule has 0 rings (SSSR count). The molecule has 0 saturated carbocycles. The number of unbranched alkanes of at least 4 members (excludes halogenated alkanes) is 17. The Bertz CT molecular complexity index is 328. The summed E-state index contributed by atoms with van der Waals surface area (Å²) in [6.45, 7) is 5.59. The minimum Gasteiger partial charge on any atom is -0.433 e. The first-order valence-corrected chi connectivity index (χ1v) is 11.7. The second-order valence-electron chi connectivity index (χ2n) is 7.92. The van der Waals surface area contributed by atoms with Crippen LogP contribution >= 0.6 is 0 Å². The van der Waals surface area contributed by atoms with Gasteiger partial charge in [-0.2, -0.15) is 0 Å². The largest absolute Gasteiger partial charge is 0.433 e. The number of esters is 1. The molecule has 0 aliphatic rings. The van der Waals surface area contributed by atoms with E-state index in [0.717, 1.165) is 19.1 Å². The quantitative estimate of drug-likeness (QED) is 0.127. The zero-order valence-corrected chi connectivity index (χ0v) is 18.1. The lowest BCUT2D eigenvalue weighted by atomic mass is 10.0. The lowest BCUT2D eigenvalue weighted by molar-refractivity contribution is -0.147. The molecule has 1 unspecified atom stereocenters. The molecular formula is C24H46O3. The number of carbonyl (C=O) groups is 1. The smallest absolute Gasteiger partial charge is 0.339 e. The topological polar surface area (TPSA) is 46.5 Å². The number of ether oxygens (including phenoxy) is 1. The van der Waals surface area contributed by atoms with E-state index in [1.54, 1.807) is 0 Å². The predicted molar refractivity (Wildman–Crippen MR) is 116 cm³/mol. The highest BCUT2D eigenvalue weighted by atomic mass is 16.5. The number of hydrogen-bond acceptors (Lipinski definition) is 3. The van der Waals surface area contributed by atoms with E-state index in [9.17, 15) is 9.90 Å². The van der Waals surface area contributed by atoms with E-state index in [-0.39, 0.29) is 0 Å². The average molecular weight is 383 g/mol. The molecular weight excluding hydrogens is 336 g/mol. The van der Waals surface area contributed by atoms with Crippen LogP contribution in [0.25, 0.3) is 0 Å². The Morgan fingerprint density at radius 2 is 1.07 bits per heavy atom. The average Bonchev–Trinajstić information content (AvgIpc) is 2.67. The summed E-state index contributed by atoms with van der Waals surface area (Å²) in [6, 6.07) is 0. The van der Waals surface area contributed by atoms with Crippen LogP contribution in [0.1, 0.15) is 129 Å². The zero-order valence-electron chi connectivity index (χ0n) is 18.1. The van der Waals surface area contributed by atoms with Crippen LogP contribution in [0.15, 0.2) is 12.8 Å². The van der Waals surface area contributed by atoms with E-state index in [1.165, 1.54) is 103 Å². The van der Waals surface area contributed by atoms with Gasteiger partial charge in [-0.1, -0.05) is 129 Å². The third-order valence-electron chi connectivity index (χ3n) is 5.30. The van der Waals surface area contributed by atoms with Crippen LogP contribution in [0.4, 0.5) is 0 Å². The minimum atomic E-state index is -0.996. The molecule has 1 atom stereocenters. The number of aliphatic hydroxyl groups excluding tert-OH is 1. The van der Waals surface area contributed by atoms with E-state index in [4.69, 9.17) is 0 Å². The van der Waals surface area contributed by atoms with Crippen LogP contribution < -0.4 is 0 Å². The third kappa shape index (κ3) is 19.7. The van der Waals surface area contributed by atoms with Gasteiger partial charge in [0, 0.05) is 0 Å². The number of rotatable bonds is 21. The molecule has 3 nitrogen and oxygen atoms in total. The highest BCUT2D eigenvalue weighted by molar-refractivity contribution is 5.74. The molecule has 0 aliphatic heterocycles. The van der Waals surface area contributed by atoms with E-state index >= 15 is 0 Å². The zero-order chi connectivity index (χ0) is 20.0. The van der Waals surface area contributed by atoms with Gasteiger partial charge in [0.25, 0.3) is 0 Å². The molecule has 160 valence electrons. The summed E-state index contributed by atoms with van der Waals surface area (Å²) < 4.78 is 4.57. The molecule has 0 saturated heterocycles. The molecule has 1 N–H and O–H groups in total. The van der Waals surface area contributed by atoms with Crippen LogP contribution in [0, 0.1) is 0 Å². The molecule has 0 fully saturated rings. The van der Waals surface area contributed by atoms with Crippen molar-refractivity contribution >= 4 is 5.97 Å². The predicted octanol–water partition coefficient (Wildman–Crippen LogP) is 7.47. The van der Waals surface area contributed by atoms with Gasteiger partial charge in [0.15, 0.2) is 6.10 Å². The van der Waals surface area contributed by atoms with E-state index in [0.29, 0.717) is 6.42 Å².